The molecular formula is C34H36ClF2N7O6S. The Labute approximate surface area is 299 Å². The van der Waals surface area contributed by atoms with Crippen LogP contribution >= 0.6 is 12.4 Å². The van der Waals surface area contributed by atoms with Crippen molar-refractivity contribution in [3.05, 3.63) is 101 Å². The van der Waals surface area contributed by atoms with Gasteiger partial charge in [-0.15, -0.1) is 12.4 Å². The fourth-order valence-electron chi connectivity index (χ4n) is 5.44. The molecule has 1 fully saturated rings. The Kier molecular flexibility index (Phi) is 12.5. The number of pyridine rings is 1. The Morgan fingerprint density at radius 2 is 1.67 bits per heavy atom. The number of hydrogen-bond donors (Lipinski definition) is 5. The van der Waals surface area contributed by atoms with E-state index >= 15 is 0 Å². The van der Waals surface area contributed by atoms with Crippen LogP contribution in [0.25, 0.3) is 0 Å². The molecule has 17 heteroatoms. The van der Waals surface area contributed by atoms with Gasteiger partial charge in [0.15, 0.2) is 0 Å². The largest absolute Gasteiger partial charge is 0.438 e. The van der Waals surface area contributed by atoms with Gasteiger partial charge in [0, 0.05) is 56.2 Å². The monoisotopic (exact) mass is 743 g/mol. The molecule has 270 valence electrons. The molecule has 1 aromatic heterocycles. The van der Waals surface area contributed by atoms with Crippen LogP contribution in [0.1, 0.15) is 46.0 Å². The maximum Gasteiger partial charge on any atom is 0.260 e. The number of likely N-dealkylation sites (tertiary alicyclic amines) is 1. The number of sulfonamides is 1. The molecule has 1 aliphatic heterocycles. The lowest BCUT2D eigenvalue weighted by atomic mass is 10.0. The number of nitrogens with one attached hydrogen (secondary N) is 4. The van der Waals surface area contributed by atoms with Crippen molar-refractivity contribution in [1.82, 2.24) is 9.88 Å². The Morgan fingerprint density at radius 3 is 2.31 bits per heavy atom. The number of hydrogen-bond acceptors (Lipinski definition) is 9. The summed E-state index contributed by atoms with van der Waals surface area (Å²) in [6.07, 6.45) is 4.07. The Balaban J connectivity index is 0.00000583. The fourth-order valence-corrected chi connectivity index (χ4v) is 5.99. The number of benzene rings is 3. The summed E-state index contributed by atoms with van der Waals surface area (Å²) in [6.45, 7) is 3.26. The number of amides is 3. The van der Waals surface area contributed by atoms with E-state index < -0.39 is 39.4 Å². The molecule has 0 bridgehead atoms. The molecule has 0 spiro atoms. The number of piperidine rings is 1. The number of primary amides is 1. The van der Waals surface area contributed by atoms with Crippen LogP contribution in [0.5, 0.6) is 11.6 Å². The van der Waals surface area contributed by atoms with Gasteiger partial charge < -0.3 is 26.4 Å². The first kappa shape index (κ1) is 38.5. The van der Waals surface area contributed by atoms with Crippen molar-refractivity contribution in [1.29, 1.82) is 0 Å². The number of nitrogens with zero attached hydrogens (tertiary/aromatic N) is 2. The summed E-state index contributed by atoms with van der Waals surface area (Å²) in [4.78, 5) is 43.1. The third-order valence-electron chi connectivity index (χ3n) is 7.69. The first-order valence-electron chi connectivity index (χ1n) is 15.4. The Hall–Kier alpha value is -5.32. The first-order valence-corrected chi connectivity index (χ1v) is 17.3. The van der Waals surface area contributed by atoms with E-state index in [0.717, 1.165) is 17.9 Å². The van der Waals surface area contributed by atoms with Gasteiger partial charge in [0.25, 0.3) is 11.8 Å². The van der Waals surface area contributed by atoms with Crippen LogP contribution in [0.3, 0.4) is 0 Å². The van der Waals surface area contributed by atoms with Gasteiger partial charge in [0.05, 0.1) is 28.8 Å². The molecule has 0 saturated carbocycles. The van der Waals surface area contributed by atoms with E-state index in [-0.39, 0.29) is 58.3 Å². The van der Waals surface area contributed by atoms with Crippen molar-refractivity contribution in [3.8, 4) is 11.6 Å². The molecule has 6 N–H and O–H groups in total. The van der Waals surface area contributed by atoms with Gasteiger partial charge >= 0.3 is 0 Å². The lowest BCUT2D eigenvalue weighted by Crippen LogP contribution is -2.39. The summed E-state index contributed by atoms with van der Waals surface area (Å²) in [5.74, 6) is -3.07. The number of aromatic nitrogens is 1. The van der Waals surface area contributed by atoms with E-state index in [1.165, 1.54) is 49.4 Å². The molecule has 3 amide bonds. The SMILES string of the molecule is CC(=O)Nc1cc(NC(=O)c2c(F)cccc2NC2CCN(Cc3ccc(Oc4ccc(NS(C)(=O)=O)cc4C(N)=O)nc3)CC2)ccc1F.Cl. The number of ether oxygens (including phenoxy) is 1. The lowest BCUT2D eigenvalue weighted by Gasteiger charge is -2.33. The van der Waals surface area contributed by atoms with Gasteiger partial charge in [0.2, 0.25) is 21.8 Å². The van der Waals surface area contributed by atoms with E-state index in [9.17, 15) is 31.6 Å². The molecule has 13 nitrogen and oxygen atoms in total. The Bertz CT molecular complexity index is 2030. The van der Waals surface area contributed by atoms with Crippen LogP contribution in [0.2, 0.25) is 0 Å². The highest BCUT2D eigenvalue weighted by Gasteiger charge is 2.24. The molecule has 0 atom stereocenters. The molecular weight excluding hydrogens is 708 g/mol. The van der Waals surface area contributed by atoms with Crippen molar-refractivity contribution >= 4 is 62.9 Å². The molecule has 0 aliphatic carbocycles. The van der Waals surface area contributed by atoms with E-state index in [4.69, 9.17) is 10.5 Å². The van der Waals surface area contributed by atoms with Gasteiger partial charge in [-0.3, -0.25) is 24.0 Å². The number of carbonyl (C=O) groups excluding carboxylic acids is 3. The molecule has 1 aliphatic rings. The van der Waals surface area contributed by atoms with E-state index in [0.29, 0.717) is 38.2 Å². The molecule has 0 unspecified atom stereocenters. The second-order valence-electron chi connectivity index (χ2n) is 11.7. The quantitative estimate of drug-likeness (QED) is 0.128. The zero-order chi connectivity index (χ0) is 36.0. The highest BCUT2D eigenvalue weighted by atomic mass is 35.5. The van der Waals surface area contributed by atoms with Crippen molar-refractivity contribution in [2.75, 3.05) is 40.0 Å². The Morgan fingerprint density at radius 1 is 0.941 bits per heavy atom. The maximum atomic E-state index is 15.0. The number of nitrogens with two attached hydrogens (primary N) is 1. The summed E-state index contributed by atoms with van der Waals surface area (Å²) in [5, 5.41) is 8.24. The topological polar surface area (TPSA) is 185 Å². The predicted octanol–water partition coefficient (Wildman–Crippen LogP) is 5.33. The third kappa shape index (κ3) is 10.6. The van der Waals surface area contributed by atoms with Gasteiger partial charge in [-0.2, -0.15) is 0 Å². The summed E-state index contributed by atoms with van der Waals surface area (Å²) in [5.41, 5.74) is 6.76. The van der Waals surface area contributed by atoms with E-state index in [1.807, 2.05) is 6.07 Å². The van der Waals surface area contributed by atoms with E-state index in [2.05, 4.69) is 30.6 Å². The molecule has 2 heterocycles. The maximum absolute atomic E-state index is 15.0. The third-order valence-corrected chi connectivity index (χ3v) is 8.30. The molecule has 1 saturated heterocycles. The van der Waals surface area contributed by atoms with Gasteiger partial charge in [0.1, 0.15) is 17.4 Å². The second-order valence-corrected chi connectivity index (χ2v) is 13.5. The summed E-state index contributed by atoms with van der Waals surface area (Å²) in [7, 11) is -3.56. The highest BCUT2D eigenvalue weighted by Crippen LogP contribution is 2.29. The fraction of sp³-hybridized carbons (Fsp3) is 0.235. The first-order chi connectivity index (χ1) is 23.7. The van der Waals surface area contributed by atoms with Gasteiger partial charge in [-0.1, -0.05) is 12.1 Å². The van der Waals surface area contributed by atoms with Crippen LogP contribution < -0.4 is 31.1 Å². The number of carbonyl (C=O) groups is 3. The highest BCUT2D eigenvalue weighted by molar-refractivity contribution is 7.92. The van der Waals surface area contributed by atoms with Crippen LogP contribution in [0.4, 0.5) is 31.5 Å². The zero-order valence-corrected chi connectivity index (χ0v) is 29.2. The summed E-state index contributed by atoms with van der Waals surface area (Å²) >= 11 is 0. The zero-order valence-electron chi connectivity index (χ0n) is 27.5. The second kappa shape index (κ2) is 16.6. The van der Waals surface area contributed by atoms with Crippen LogP contribution in [-0.4, -0.2) is 61.4 Å². The lowest BCUT2D eigenvalue weighted by molar-refractivity contribution is -0.114. The molecule has 5 rings (SSSR count). The smallest absolute Gasteiger partial charge is 0.260 e. The molecule has 4 aromatic rings. The van der Waals surface area contributed by atoms with Crippen LogP contribution in [0.15, 0.2) is 72.9 Å². The number of anilines is 4. The summed E-state index contributed by atoms with van der Waals surface area (Å²) < 4.78 is 60.2. The molecule has 0 radical (unpaired) electrons. The van der Waals surface area contributed by atoms with Gasteiger partial charge in [-0.05, 0) is 66.9 Å². The number of rotatable bonds is 12. The number of halogens is 3. The van der Waals surface area contributed by atoms with Crippen molar-refractivity contribution in [2.45, 2.75) is 32.4 Å². The van der Waals surface area contributed by atoms with Gasteiger partial charge in [-0.25, -0.2) is 22.2 Å². The standard InChI is InChI=1S/C34H35F2N7O6S.ClH/c1-20(44)39-29-17-23(7-9-26(29)35)41-34(46)32-27(36)4-3-5-28(32)40-22-12-14-43(15-13-22)19-21-6-11-31(38-18-21)49-30-10-8-24(42-50(2,47)48)16-25(30)33(37)45;/h3-11,16-18,22,40,42H,12-15,19H2,1-2H3,(H2,37,45)(H,39,44)(H,41,46);1H. The van der Waals surface area contributed by atoms with Crippen LogP contribution in [-0.2, 0) is 21.4 Å². The summed E-state index contributed by atoms with van der Waals surface area (Å²) in [6, 6.07) is 15.6. The molecule has 3 aromatic carbocycles. The average Bonchev–Trinajstić information content (AvgIpc) is 3.04. The van der Waals surface area contributed by atoms with E-state index in [1.54, 1.807) is 18.3 Å². The van der Waals surface area contributed by atoms with Crippen LogP contribution in [0, 0.1) is 11.6 Å². The molecule has 51 heavy (non-hydrogen) atoms. The predicted molar refractivity (Wildman–Crippen MR) is 192 cm³/mol. The minimum absolute atomic E-state index is 0. The van der Waals surface area contributed by atoms with Crippen molar-refractivity contribution in [3.63, 3.8) is 0 Å². The average molecular weight is 744 g/mol. The normalized spacial score (nSPS) is 13.4. The van der Waals surface area contributed by atoms with Crippen molar-refractivity contribution < 1.29 is 36.3 Å². The minimum atomic E-state index is -3.56. The minimum Gasteiger partial charge on any atom is -0.438 e. The van der Waals surface area contributed by atoms with Crippen molar-refractivity contribution in [2.24, 2.45) is 5.73 Å².